The Morgan fingerprint density at radius 1 is 0.846 bits per heavy atom. The Morgan fingerprint density at radius 2 is 1.41 bits per heavy atom. The van der Waals surface area contributed by atoms with Gasteiger partial charge in [-0.1, -0.05) is 80.3 Å². The van der Waals surface area contributed by atoms with Crippen molar-refractivity contribution in [3.8, 4) is 17.2 Å². The molecule has 0 bridgehead atoms. The van der Waals surface area contributed by atoms with Crippen molar-refractivity contribution in [2.75, 3.05) is 0 Å². The monoisotopic (exact) mass is 592 g/mol. The van der Waals surface area contributed by atoms with Gasteiger partial charge < -0.3 is 13.6 Å². The van der Waals surface area contributed by atoms with Crippen LogP contribution in [0.5, 0.6) is 17.2 Å². The number of benzene rings is 1. The SMILES string of the molecule is CC1(C)CCC[C@]2(C)[C@H]3Cc4c(cc(O[Si-](C)(C)C(C)(C)C)c(O[Si-](C)(C)C(C)(C)C)c4Cl)O[C@@]3(C)CC[C@@H]12. The van der Waals surface area contributed by atoms with E-state index in [4.69, 9.17) is 25.2 Å². The van der Waals surface area contributed by atoms with Crippen molar-refractivity contribution in [2.24, 2.45) is 22.7 Å². The number of hydrogen-bond donors (Lipinski definition) is 0. The maximum absolute atomic E-state index is 7.44. The van der Waals surface area contributed by atoms with Crippen molar-refractivity contribution in [2.45, 2.75) is 150 Å². The molecule has 1 heterocycles. The second-order valence-corrected chi connectivity index (χ2v) is 27.2. The lowest BCUT2D eigenvalue weighted by Crippen LogP contribution is -2.61. The van der Waals surface area contributed by atoms with Gasteiger partial charge in [0.25, 0.3) is 0 Å². The van der Waals surface area contributed by atoms with Crippen LogP contribution in [0.3, 0.4) is 0 Å². The van der Waals surface area contributed by atoms with Crippen LogP contribution in [0.15, 0.2) is 6.07 Å². The molecule has 0 amide bonds. The Labute approximate surface area is 247 Å². The molecule has 2 aliphatic carbocycles. The van der Waals surface area contributed by atoms with E-state index in [1.54, 1.807) is 0 Å². The molecule has 0 radical (unpaired) electrons. The summed E-state index contributed by atoms with van der Waals surface area (Å²) in [5.41, 5.74) is 1.55. The first-order valence-electron chi connectivity index (χ1n) is 15.4. The third-order valence-electron chi connectivity index (χ3n) is 12.1. The molecule has 4 rings (SSSR count). The lowest BCUT2D eigenvalue weighted by molar-refractivity contribution is -0.162. The fourth-order valence-corrected chi connectivity index (χ4v) is 9.94. The van der Waals surface area contributed by atoms with E-state index in [9.17, 15) is 0 Å². The van der Waals surface area contributed by atoms with Gasteiger partial charge in [-0.15, -0.1) is 36.3 Å². The van der Waals surface area contributed by atoms with Crippen LogP contribution in [-0.2, 0) is 6.42 Å². The highest BCUT2D eigenvalue weighted by Crippen LogP contribution is 2.65. The lowest BCUT2D eigenvalue weighted by atomic mass is 9.44. The van der Waals surface area contributed by atoms with E-state index < -0.39 is 16.6 Å². The summed E-state index contributed by atoms with van der Waals surface area (Å²) < 4.78 is 21.1. The molecule has 2 fully saturated rings. The highest BCUT2D eigenvalue weighted by atomic mass is 35.5. The molecule has 3 nitrogen and oxygen atoms in total. The molecule has 6 heteroatoms. The van der Waals surface area contributed by atoms with Gasteiger partial charge in [0.2, 0.25) is 0 Å². The van der Waals surface area contributed by atoms with Crippen LogP contribution >= 0.6 is 11.6 Å². The molecule has 0 spiro atoms. The van der Waals surface area contributed by atoms with Crippen LogP contribution in [0.25, 0.3) is 0 Å². The van der Waals surface area contributed by atoms with Crippen molar-refractivity contribution in [3.05, 3.63) is 16.7 Å². The molecule has 1 aromatic rings. The van der Waals surface area contributed by atoms with E-state index in [1.807, 2.05) is 0 Å². The summed E-state index contributed by atoms with van der Waals surface area (Å²) in [6, 6.07) is 2.14. The lowest BCUT2D eigenvalue weighted by Gasteiger charge is -2.63. The van der Waals surface area contributed by atoms with Gasteiger partial charge in [0.15, 0.2) is 0 Å². The number of hydrogen-bond acceptors (Lipinski definition) is 3. The third kappa shape index (κ3) is 5.24. The van der Waals surface area contributed by atoms with Crippen LogP contribution in [-0.4, -0.2) is 22.2 Å². The fraction of sp³-hybridized carbons (Fsp3) is 0.818. The van der Waals surface area contributed by atoms with E-state index in [1.165, 1.54) is 25.7 Å². The molecule has 0 aromatic heterocycles. The zero-order valence-corrected chi connectivity index (χ0v) is 30.3. The summed E-state index contributed by atoms with van der Waals surface area (Å²) in [5.74, 6) is 3.58. The van der Waals surface area contributed by atoms with Crippen molar-refractivity contribution >= 4 is 28.2 Å². The molecule has 1 aliphatic heterocycles. The number of fused-ring (bicyclic) bond motifs is 4. The molecule has 3 aliphatic rings. The third-order valence-corrected chi connectivity index (χ3v) is 21.1. The van der Waals surface area contributed by atoms with Crippen LogP contribution in [0.2, 0.25) is 41.3 Å². The van der Waals surface area contributed by atoms with Gasteiger partial charge in [0, 0.05) is 34.2 Å². The zero-order valence-electron chi connectivity index (χ0n) is 27.6. The number of halogens is 1. The highest BCUT2D eigenvalue weighted by molar-refractivity contribution is 6.75. The zero-order chi connectivity index (χ0) is 29.6. The molecule has 39 heavy (non-hydrogen) atoms. The summed E-state index contributed by atoms with van der Waals surface area (Å²) in [5, 5.41) is 0.823. The fourth-order valence-electron chi connectivity index (χ4n) is 7.55. The average molecular weight is 593 g/mol. The molecule has 0 unspecified atom stereocenters. The second-order valence-electron chi connectivity index (χ2n) is 17.3. The summed E-state index contributed by atoms with van der Waals surface area (Å²) in [4.78, 5) is 0. The Balaban J connectivity index is 1.85. The van der Waals surface area contributed by atoms with E-state index in [0.717, 1.165) is 35.7 Å². The molecule has 224 valence electrons. The predicted molar refractivity (Wildman–Crippen MR) is 172 cm³/mol. The van der Waals surface area contributed by atoms with E-state index in [-0.39, 0.29) is 21.1 Å². The minimum atomic E-state index is -2.18. The minimum Gasteiger partial charge on any atom is -0.686 e. The Bertz CT molecular complexity index is 1110. The van der Waals surface area contributed by atoms with Gasteiger partial charge in [0.1, 0.15) is 22.8 Å². The largest absolute Gasteiger partial charge is 0.686 e. The van der Waals surface area contributed by atoms with E-state index in [0.29, 0.717) is 22.3 Å². The maximum Gasteiger partial charge on any atom is 0.131 e. The van der Waals surface area contributed by atoms with Crippen LogP contribution < -0.4 is 13.6 Å². The average Bonchev–Trinajstić information content (AvgIpc) is 2.73. The van der Waals surface area contributed by atoms with E-state index >= 15 is 0 Å². The normalized spacial score (nSPS) is 30.9. The Hall–Kier alpha value is -0.656. The van der Waals surface area contributed by atoms with Crippen molar-refractivity contribution in [1.29, 1.82) is 0 Å². The molecular formula is C33H57ClO3Si2-2. The van der Waals surface area contributed by atoms with Gasteiger partial charge in [0.05, 0.1) is 5.02 Å². The molecule has 0 N–H and O–H groups in total. The van der Waals surface area contributed by atoms with Crippen molar-refractivity contribution < 1.29 is 13.6 Å². The quantitative estimate of drug-likeness (QED) is 0.325. The van der Waals surface area contributed by atoms with Gasteiger partial charge in [-0.3, -0.25) is 0 Å². The van der Waals surface area contributed by atoms with Crippen molar-refractivity contribution in [3.63, 3.8) is 0 Å². The Morgan fingerprint density at radius 3 is 1.97 bits per heavy atom. The first-order valence-corrected chi connectivity index (χ1v) is 21.6. The van der Waals surface area contributed by atoms with Gasteiger partial charge in [-0.25, -0.2) is 0 Å². The molecule has 1 aromatic carbocycles. The number of rotatable bonds is 4. The first kappa shape index (κ1) is 31.3. The second kappa shape index (κ2) is 9.42. The predicted octanol–water partition coefficient (Wildman–Crippen LogP) is 11.0. The first-order chi connectivity index (χ1) is 17.5. The van der Waals surface area contributed by atoms with Crippen LogP contribution in [0, 0.1) is 22.7 Å². The standard InChI is InChI=1S/C33H57ClO3Si2/c1-29(2,3)38(11,12)36-24-21-23-22(27(34)28(24)37-39(13,14)30(4,5)6)20-26-32(9)18-15-17-31(7,8)25(32)16-19-33(26,10)35-23/h21,25-26H,15-20H2,1-14H3/q-2/t25-,26+,32-,33-/m0/s1. The molecular weight excluding hydrogens is 536 g/mol. The smallest absolute Gasteiger partial charge is 0.131 e. The van der Waals surface area contributed by atoms with Gasteiger partial charge >= 0.3 is 0 Å². The molecule has 2 saturated carbocycles. The topological polar surface area (TPSA) is 27.7 Å². The summed E-state index contributed by atoms with van der Waals surface area (Å²) in [6.07, 6.45) is 7.18. The van der Waals surface area contributed by atoms with E-state index in [2.05, 4.69) is 101 Å². The minimum absolute atomic E-state index is 0.0489. The van der Waals surface area contributed by atoms with Crippen molar-refractivity contribution in [1.82, 2.24) is 0 Å². The molecule has 4 atom stereocenters. The van der Waals surface area contributed by atoms with Crippen LogP contribution in [0.4, 0.5) is 0 Å². The maximum atomic E-state index is 7.44. The Kier molecular flexibility index (Phi) is 7.56. The van der Waals surface area contributed by atoms with Crippen LogP contribution in [0.1, 0.15) is 107 Å². The number of ether oxygens (including phenoxy) is 1. The molecule has 0 saturated heterocycles. The highest BCUT2D eigenvalue weighted by Gasteiger charge is 2.60. The van der Waals surface area contributed by atoms with Gasteiger partial charge in [-0.2, -0.15) is 0 Å². The summed E-state index contributed by atoms with van der Waals surface area (Å²) in [7, 11) is -4.33. The summed E-state index contributed by atoms with van der Waals surface area (Å²) in [6.45, 7) is 32.8. The van der Waals surface area contributed by atoms with Gasteiger partial charge in [-0.05, 0) is 55.8 Å². The summed E-state index contributed by atoms with van der Waals surface area (Å²) >= 11 is 7.44.